The monoisotopic (exact) mass is 365 g/mol. The van der Waals surface area contributed by atoms with E-state index < -0.39 is 5.60 Å². The van der Waals surface area contributed by atoms with Gasteiger partial charge in [0.15, 0.2) is 5.13 Å². The summed E-state index contributed by atoms with van der Waals surface area (Å²) in [5.41, 5.74) is 0.714. The molecule has 1 aromatic heterocycles. The van der Waals surface area contributed by atoms with Crippen molar-refractivity contribution in [2.24, 2.45) is 11.8 Å². The molecule has 0 spiro atoms. The summed E-state index contributed by atoms with van der Waals surface area (Å²) in [7, 11) is 0. The Balaban J connectivity index is 1.44. The average Bonchev–Trinajstić information content (AvgIpc) is 3.00. The van der Waals surface area contributed by atoms with Crippen LogP contribution in [-0.2, 0) is 4.74 Å². The fourth-order valence-corrected chi connectivity index (χ4v) is 4.79. The van der Waals surface area contributed by atoms with E-state index in [1.165, 1.54) is 18.0 Å². The number of carbonyl (C=O) groups is 1. The summed E-state index contributed by atoms with van der Waals surface area (Å²) in [6.45, 7) is 11.7. The van der Waals surface area contributed by atoms with Crippen LogP contribution >= 0.6 is 11.3 Å². The number of aromatic nitrogens is 1. The molecule has 3 heterocycles. The highest BCUT2D eigenvalue weighted by molar-refractivity contribution is 7.13. The van der Waals surface area contributed by atoms with Gasteiger partial charge in [0, 0.05) is 31.6 Å². The number of anilines is 1. The van der Waals surface area contributed by atoms with Crippen LogP contribution in [-0.4, -0.2) is 47.8 Å². The van der Waals surface area contributed by atoms with E-state index in [0.29, 0.717) is 0 Å². The topological polar surface area (TPSA) is 45.7 Å². The Bertz CT molecular complexity index is 580. The van der Waals surface area contributed by atoms with Crippen LogP contribution < -0.4 is 4.90 Å². The predicted octanol–water partition coefficient (Wildman–Crippen LogP) is 4.32. The maximum Gasteiger partial charge on any atom is 0.410 e. The molecule has 0 aliphatic carbocycles. The Labute approximate surface area is 155 Å². The van der Waals surface area contributed by atoms with Crippen LogP contribution in [0.2, 0.25) is 0 Å². The number of amides is 1. The van der Waals surface area contributed by atoms with Gasteiger partial charge in [0.25, 0.3) is 0 Å². The summed E-state index contributed by atoms with van der Waals surface area (Å²) in [5.74, 6) is 1.54. The smallest absolute Gasteiger partial charge is 0.410 e. The molecule has 1 amide bonds. The number of hydrogen-bond acceptors (Lipinski definition) is 5. The van der Waals surface area contributed by atoms with Gasteiger partial charge in [-0.1, -0.05) is 0 Å². The van der Waals surface area contributed by atoms with Gasteiger partial charge in [-0.05, 0) is 65.2 Å². The lowest BCUT2D eigenvalue weighted by Crippen LogP contribution is -2.44. The normalized spacial score (nSPS) is 20.8. The summed E-state index contributed by atoms with van der Waals surface area (Å²) >= 11 is 1.76. The second-order valence-electron chi connectivity index (χ2n) is 8.40. The number of thiazole rings is 1. The molecule has 3 rings (SSSR count). The number of hydrogen-bond donors (Lipinski definition) is 0. The zero-order chi connectivity index (χ0) is 18.0. The van der Waals surface area contributed by atoms with E-state index in [2.05, 4.69) is 22.2 Å². The maximum atomic E-state index is 12.2. The summed E-state index contributed by atoms with van der Waals surface area (Å²) in [4.78, 5) is 21.1. The number of piperidine rings is 2. The van der Waals surface area contributed by atoms with Crippen molar-refractivity contribution < 1.29 is 9.53 Å². The Morgan fingerprint density at radius 2 is 1.68 bits per heavy atom. The Morgan fingerprint density at radius 3 is 2.16 bits per heavy atom. The first-order chi connectivity index (χ1) is 11.8. The fraction of sp³-hybridized carbons (Fsp3) is 0.789. The minimum Gasteiger partial charge on any atom is -0.444 e. The van der Waals surface area contributed by atoms with Crippen molar-refractivity contribution in [3.05, 3.63) is 11.1 Å². The molecule has 2 fully saturated rings. The van der Waals surface area contributed by atoms with E-state index >= 15 is 0 Å². The van der Waals surface area contributed by atoms with Crippen molar-refractivity contribution >= 4 is 22.6 Å². The SMILES string of the molecule is Cc1csc(N2CCC(C3CCN(C(=O)OC(C)(C)C)CC3)CC2)n1. The zero-order valence-corrected chi connectivity index (χ0v) is 16.8. The maximum absolute atomic E-state index is 12.2. The van der Waals surface area contributed by atoms with E-state index in [1.807, 2.05) is 25.7 Å². The number of likely N-dealkylation sites (tertiary alicyclic amines) is 1. The van der Waals surface area contributed by atoms with Crippen molar-refractivity contribution in [2.45, 2.75) is 59.0 Å². The molecule has 0 saturated carbocycles. The van der Waals surface area contributed by atoms with Crippen molar-refractivity contribution in [3.63, 3.8) is 0 Å². The lowest BCUT2D eigenvalue weighted by Gasteiger charge is -2.40. The van der Waals surface area contributed by atoms with E-state index in [9.17, 15) is 4.79 Å². The van der Waals surface area contributed by atoms with E-state index in [4.69, 9.17) is 4.74 Å². The van der Waals surface area contributed by atoms with Crippen LogP contribution in [0, 0.1) is 18.8 Å². The van der Waals surface area contributed by atoms with Crippen LogP contribution in [0.3, 0.4) is 0 Å². The zero-order valence-electron chi connectivity index (χ0n) is 16.0. The van der Waals surface area contributed by atoms with Crippen LogP contribution in [0.5, 0.6) is 0 Å². The lowest BCUT2D eigenvalue weighted by molar-refractivity contribution is 0.0152. The molecule has 140 valence electrons. The molecule has 0 unspecified atom stereocenters. The van der Waals surface area contributed by atoms with Crippen molar-refractivity contribution in [3.8, 4) is 0 Å². The first-order valence-electron chi connectivity index (χ1n) is 9.47. The van der Waals surface area contributed by atoms with Gasteiger partial charge in [-0.2, -0.15) is 0 Å². The largest absolute Gasteiger partial charge is 0.444 e. The summed E-state index contributed by atoms with van der Waals surface area (Å²) < 4.78 is 5.50. The number of ether oxygens (including phenoxy) is 1. The average molecular weight is 366 g/mol. The van der Waals surface area contributed by atoms with Crippen molar-refractivity contribution in [1.29, 1.82) is 0 Å². The van der Waals surface area contributed by atoms with Crippen LogP contribution in [0.1, 0.15) is 52.1 Å². The third-order valence-electron chi connectivity index (χ3n) is 5.28. The molecular weight excluding hydrogens is 334 g/mol. The van der Waals surface area contributed by atoms with Gasteiger partial charge in [-0.3, -0.25) is 0 Å². The van der Waals surface area contributed by atoms with Gasteiger partial charge in [-0.15, -0.1) is 11.3 Å². The fourth-order valence-electron chi connectivity index (χ4n) is 3.93. The van der Waals surface area contributed by atoms with Crippen molar-refractivity contribution in [2.75, 3.05) is 31.1 Å². The molecule has 0 radical (unpaired) electrons. The molecule has 2 saturated heterocycles. The summed E-state index contributed by atoms with van der Waals surface area (Å²) in [6.07, 6.45) is 4.56. The molecule has 6 heteroatoms. The minimum atomic E-state index is -0.408. The first kappa shape index (κ1) is 18.5. The van der Waals surface area contributed by atoms with Gasteiger partial charge >= 0.3 is 6.09 Å². The first-order valence-corrected chi connectivity index (χ1v) is 10.3. The van der Waals surface area contributed by atoms with Gasteiger partial charge in [0.1, 0.15) is 5.60 Å². The van der Waals surface area contributed by atoms with Crippen LogP contribution in [0.4, 0.5) is 9.93 Å². The molecule has 1 aromatic rings. The highest BCUT2D eigenvalue weighted by Crippen LogP contribution is 2.34. The number of rotatable bonds is 2. The number of carbonyl (C=O) groups excluding carboxylic acids is 1. The van der Waals surface area contributed by atoms with Gasteiger partial charge in [0.2, 0.25) is 0 Å². The predicted molar refractivity (Wildman–Crippen MR) is 102 cm³/mol. The second-order valence-corrected chi connectivity index (χ2v) is 9.24. The third-order valence-corrected chi connectivity index (χ3v) is 6.29. The van der Waals surface area contributed by atoms with Gasteiger partial charge in [0.05, 0.1) is 5.69 Å². The van der Waals surface area contributed by atoms with E-state index in [1.54, 1.807) is 11.3 Å². The highest BCUT2D eigenvalue weighted by atomic mass is 32.1. The highest BCUT2D eigenvalue weighted by Gasteiger charge is 2.32. The second kappa shape index (κ2) is 7.52. The quantitative estimate of drug-likeness (QED) is 0.783. The molecule has 0 N–H and O–H groups in total. The molecule has 0 atom stereocenters. The Hall–Kier alpha value is -1.30. The lowest BCUT2D eigenvalue weighted by atomic mass is 9.79. The summed E-state index contributed by atoms with van der Waals surface area (Å²) in [5, 5.41) is 3.31. The van der Waals surface area contributed by atoms with Crippen LogP contribution in [0.25, 0.3) is 0 Å². The molecule has 2 aliphatic heterocycles. The molecule has 0 aromatic carbocycles. The molecular formula is C19H31N3O2S. The molecule has 5 nitrogen and oxygen atoms in total. The summed E-state index contributed by atoms with van der Waals surface area (Å²) in [6, 6.07) is 0. The molecule has 0 bridgehead atoms. The molecule has 2 aliphatic rings. The van der Waals surface area contributed by atoms with E-state index in [-0.39, 0.29) is 6.09 Å². The van der Waals surface area contributed by atoms with Crippen molar-refractivity contribution in [1.82, 2.24) is 9.88 Å². The standard InChI is InChI=1S/C19H31N3O2S/c1-14-13-25-17(20-14)21-9-5-15(6-10-21)16-7-11-22(12-8-16)18(23)24-19(2,3)4/h13,15-16H,5-12H2,1-4H3. The van der Waals surface area contributed by atoms with Gasteiger partial charge < -0.3 is 14.5 Å². The minimum absolute atomic E-state index is 0.153. The van der Waals surface area contributed by atoms with Crippen LogP contribution in [0.15, 0.2) is 5.38 Å². The van der Waals surface area contributed by atoms with Gasteiger partial charge in [-0.25, -0.2) is 9.78 Å². The third kappa shape index (κ3) is 4.87. The molecule has 25 heavy (non-hydrogen) atoms. The number of aryl methyl sites for hydroxylation is 1. The van der Waals surface area contributed by atoms with E-state index in [0.717, 1.165) is 56.6 Å². The Kier molecular flexibility index (Phi) is 5.56. The number of nitrogens with zero attached hydrogens (tertiary/aromatic N) is 3. The Morgan fingerprint density at radius 1 is 1.12 bits per heavy atom.